The number of fused-ring (bicyclic) bond motifs is 1. The van der Waals surface area contributed by atoms with Gasteiger partial charge in [-0.25, -0.2) is 4.79 Å². The second-order valence-electron chi connectivity index (χ2n) is 10.6. The number of benzene rings is 3. The van der Waals surface area contributed by atoms with E-state index in [9.17, 15) is 24.0 Å². The maximum absolute atomic E-state index is 13.6. The van der Waals surface area contributed by atoms with Crippen molar-refractivity contribution in [3.05, 3.63) is 107 Å². The molecule has 12 heteroatoms. The van der Waals surface area contributed by atoms with Crippen LogP contribution in [0.2, 0.25) is 0 Å². The number of carbonyl (C=O) groups is 5. The Balaban J connectivity index is 1.39. The van der Waals surface area contributed by atoms with Crippen LogP contribution in [0.5, 0.6) is 17.2 Å². The quantitative estimate of drug-likeness (QED) is 0.182. The van der Waals surface area contributed by atoms with Crippen molar-refractivity contribution in [3.8, 4) is 17.2 Å². The van der Waals surface area contributed by atoms with Gasteiger partial charge in [0.2, 0.25) is 5.91 Å². The number of ether oxygens (including phenoxy) is 4. The van der Waals surface area contributed by atoms with Crippen LogP contribution >= 0.6 is 11.8 Å². The zero-order chi connectivity index (χ0) is 33.5. The first-order chi connectivity index (χ1) is 22.6. The Bertz CT molecular complexity index is 1750. The molecule has 0 aliphatic carbocycles. The molecule has 3 aromatic carbocycles. The molecule has 1 unspecified atom stereocenters. The lowest BCUT2D eigenvalue weighted by Crippen LogP contribution is -2.70. The summed E-state index contributed by atoms with van der Waals surface area (Å²) in [6.07, 6.45) is 3.48. The molecule has 242 valence electrons. The minimum absolute atomic E-state index is 0.0379. The van der Waals surface area contributed by atoms with Crippen molar-refractivity contribution >= 4 is 47.6 Å². The highest BCUT2D eigenvalue weighted by molar-refractivity contribution is 8.00. The standard InChI is InChI=1S/C35H32N2O9S/c1-21(38)45-28-16-12-24(17-29(28)46-22(2)39)9-13-26-20-47-34-31(36-30(40)18-23-7-5-4-6-8-23)33(41)37(34)32(26)35(42)44-19-25-10-14-27(43-3)15-11-25/h4-17,31,34H,18-20H2,1-3H3,(H,36,40)/t31?,34-/m0/s1. The first-order valence-electron chi connectivity index (χ1n) is 14.6. The molecule has 2 heterocycles. The summed E-state index contributed by atoms with van der Waals surface area (Å²) in [6.45, 7) is 2.42. The summed E-state index contributed by atoms with van der Waals surface area (Å²) in [5.74, 6) is -1.46. The molecule has 2 aliphatic heterocycles. The fourth-order valence-corrected chi connectivity index (χ4v) is 6.32. The van der Waals surface area contributed by atoms with E-state index >= 15 is 0 Å². The van der Waals surface area contributed by atoms with Crippen LogP contribution in [0.3, 0.4) is 0 Å². The van der Waals surface area contributed by atoms with E-state index in [0.717, 1.165) is 11.1 Å². The molecular weight excluding hydrogens is 624 g/mol. The third kappa shape index (κ3) is 8.08. The molecule has 3 aromatic rings. The minimum Gasteiger partial charge on any atom is -0.497 e. The van der Waals surface area contributed by atoms with Gasteiger partial charge in [0.1, 0.15) is 29.5 Å². The van der Waals surface area contributed by atoms with Gasteiger partial charge in [-0.3, -0.25) is 24.1 Å². The third-order valence-corrected chi connectivity index (χ3v) is 8.50. The van der Waals surface area contributed by atoms with E-state index in [4.69, 9.17) is 18.9 Å². The van der Waals surface area contributed by atoms with E-state index in [1.807, 2.05) is 30.3 Å². The van der Waals surface area contributed by atoms with Gasteiger partial charge in [-0.2, -0.15) is 0 Å². The number of esters is 3. The van der Waals surface area contributed by atoms with Gasteiger partial charge in [0.15, 0.2) is 11.5 Å². The Morgan fingerprint density at radius 2 is 1.60 bits per heavy atom. The molecule has 1 N–H and O–H groups in total. The molecule has 0 saturated carbocycles. The van der Waals surface area contributed by atoms with Crippen molar-refractivity contribution in [3.63, 3.8) is 0 Å². The Hall–Kier alpha value is -5.36. The Morgan fingerprint density at radius 1 is 0.894 bits per heavy atom. The third-order valence-electron chi connectivity index (χ3n) is 7.20. The number of nitrogens with zero attached hydrogens (tertiary/aromatic N) is 1. The highest BCUT2D eigenvalue weighted by atomic mass is 32.2. The van der Waals surface area contributed by atoms with Crippen molar-refractivity contribution in [2.24, 2.45) is 0 Å². The highest BCUT2D eigenvalue weighted by Gasteiger charge is 2.54. The molecule has 5 rings (SSSR count). The predicted octanol–water partition coefficient (Wildman–Crippen LogP) is 4.20. The molecule has 2 aliphatic rings. The fourth-order valence-electron chi connectivity index (χ4n) is 5.00. The smallest absolute Gasteiger partial charge is 0.355 e. The van der Waals surface area contributed by atoms with Gasteiger partial charge in [-0.05, 0) is 46.5 Å². The Kier molecular flexibility index (Phi) is 10.4. The number of hydrogen-bond acceptors (Lipinski definition) is 10. The largest absolute Gasteiger partial charge is 0.497 e. The van der Waals surface area contributed by atoms with Crippen LogP contribution in [0, 0.1) is 0 Å². The van der Waals surface area contributed by atoms with E-state index in [-0.39, 0.29) is 36.1 Å². The summed E-state index contributed by atoms with van der Waals surface area (Å²) in [4.78, 5) is 64.4. The number of nitrogens with one attached hydrogen (secondary N) is 1. The normalized spacial score (nSPS) is 17.0. The van der Waals surface area contributed by atoms with Gasteiger partial charge in [-0.1, -0.05) is 60.7 Å². The second-order valence-corrected chi connectivity index (χ2v) is 11.7. The van der Waals surface area contributed by atoms with E-state index in [1.165, 1.54) is 42.6 Å². The van der Waals surface area contributed by atoms with Gasteiger partial charge < -0.3 is 24.3 Å². The van der Waals surface area contributed by atoms with Crippen molar-refractivity contribution in [2.75, 3.05) is 12.9 Å². The van der Waals surface area contributed by atoms with Gasteiger partial charge in [0, 0.05) is 19.6 Å². The zero-order valence-corrected chi connectivity index (χ0v) is 26.7. The lowest BCUT2D eigenvalue weighted by Gasteiger charge is -2.49. The average molecular weight is 657 g/mol. The first kappa shape index (κ1) is 33.0. The second kappa shape index (κ2) is 14.8. The first-order valence-corrected chi connectivity index (χ1v) is 15.7. The highest BCUT2D eigenvalue weighted by Crippen LogP contribution is 2.41. The predicted molar refractivity (Wildman–Crippen MR) is 173 cm³/mol. The van der Waals surface area contributed by atoms with E-state index in [0.29, 0.717) is 22.6 Å². The summed E-state index contributed by atoms with van der Waals surface area (Å²) in [5, 5.41) is 2.32. The summed E-state index contributed by atoms with van der Waals surface area (Å²) in [5.41, 5.74) is 2.72. The van der Waals surface area contributed by atoms with Gasteiger partial charge in [0.05, 0.1) is 13.5 Å². The van der Waals surface area contributed by atoms with Gasteiger partial charge in [0.25, 0.3) is 5.91 Å². The molecule has 1 saturated heterocycles. The molecule has 11 nitrogen and oxygen atoms in total. The molecule has 47 heavy (non-hydrogen) atoms. The van der Waals surface area contributed by atoms with Crippen molar-refractivity contribution in [2.45, 2.75) is 38.3 Å². The summed E-state index contributed by atoms with van der Waals surface area (Å²) in [7, 11) is 1.56. The number of allylic oxidation sites excluding steroid dienone is 1. The van der Waals surface area contributed by atoms with Crippen LogP contribution in [0.4, 0.5) is 0 Å². The van der Waals surface area contributed by atoms with Crippen LogP contribution in [-0.4, -0.2) is 58.9 Å². The lowest BCUT2D eigenvalue weighted by atomic mass is 10.0. The van der Waals surface area contributed by atoms with Gasteiger partial charge in [-0.15, -0.1) is 11.8 Å². The summed E-state index contributed by atoms with van der Waals surface area (Å²) in [6, 6.07) is 20.1. The Morgan fingerprint density at radius 3 is 2.28 bits per heavy atom. The maximum Gasteiger partial charge on any atom is 0.355 e. The fraction of sp³-hybridized carbons (Fsp3) is 0.229. The number of rotatable bonds is 11. The molecule has 2 amide bonds. The molecule has 0 aromatic heterocycles. The van der Waals surface area contributed by atoms with Crippen molar-refractivity contribution < 1.29 is 42.9 Å². The zero-order valence-electron chi connectivity index (χ0n) is 25.9. The number of carbonyl (C=O) groups excluding carboxylic acids is 5. The number of amides is 2. The van der Waals surface area contributed by atoms with Crippen molar-refractivity contribution in [1.29, 1.82) is 0 Å². The molecule has 1 fully saturated rings. The maximum atomic E-state index is 13.6. The van der Waals surface area contributed by atoms with Crippen molar-refractivity contribution in [1.82, 2.24) is 10.2 Å². The van der Waals surface area contributed by atoms with Crippen LogP contribution < -0.4 is 19.5 Å². The monoisotopic (exact) mass is 656 g/mol. The van der Waals surface area contributed by atoms with E-state index in [2.05, 4.69) is 5.32 Å². The molecular formula is C35H32N2O9S. The van der Waals surface area contributed by atoms with Crippen LogP contribution in [0.1, 0.15) is 30.5 Å². The van der Waals surface area contributed by atoms with E-state index < -0.39 is 35.2 Å². The molecule has 0 radical (unpaired) electrons. The molecule has 0 bridgehead atoms. The average Bonchev–Trinajstić information content (AvgIpc) is 3.06. The number of thioether (sulfide) groups is 1. The van der Waals surface area contributed by atoms with Crippen LogP contribution in [-0.2, 0) is 41.7 Å². The number of methoxy groups -OCH3 is 1. The minimum atomic E-state index is -0.800. The van der Waals surface area contributed by atoms with Crippen LogP contribution in [0.15, 0.2) is 90.1 Å². The lowest BCUT2D eigenvalue weighted by molar-refractivity contribution is -0.153. The molecule has 2 atom stereocenters. The summed E-state index contributed by atoms with van der Waals surface area (Å²) < 4.78 is 21.2. The number of hydrogen-bond donors (Lipinski definition) is 1. The SMILES string of the molecule is COc1ccc(COC(=O)C2=C(C=Cc3ccc(OC(C)=O)c(OC(C)=O)c3)CS[C@H]3C(NC(=O)Cc4ccccc4)C(=O)N23)cc1. The van der Waals surface area contributed by atoms with Gasteiger partial charge >= 0.3 is 17.9 Å². The summed E-state index contributed by atoms with van der Waals surface area (Å²) >= 11 is 1.41. The molecule has 0 spiro atoms. The van der Waals surface area contributed by atoms with Crippen LogP contribution in [0.25, 0.3) is 6.08 Å². The van der Waals surface area contributed by atoms with E-state index in [1.54, 1.807) is 49.6 Å². The topological polar surface area (TPSA) is 138 Å². The number of β-lactam (4-membered cyclic amide) rings is 1. The Labute approximate surface area is 275 Å².